The number of anilines is 2. The number of nitrogens with one attached hydrogen (secondary N) is 1. The lowest BCUT2D eigenvalue weighted by Crippen LogP contribution is -2.40. The third-order valence-electron chi connectivity index (χ3n) is 6.49. The summed E-state index contributed by atoms with van der Waals surface area (Å²) < 4.78 is 11.2. The average Bonchev–Trinajstić information content (AvgIpc) is 2.91. The Morgan fingerprint density at radius 2 is 1.85 bits per heavy atom. The molecule has 6 nitrogen and oxygen atoms in total. The van der Waals surface area contributed by atoms with Crippen molar-refractivity contribution in [3.05, 3.63) is 59.3 Å². The number of carbonyl (C=O) groups excluding carboxylic acids is 2. The first-order valence-electron chi connectivity index (χ1n) is 11.8. The number of para-hydroxylation sites is 2. The highest BCUT2D eigenvalue weighted by Gasteiger charge is 2.44. The van der Waals surface area contributed by atoms with Crippen LogP contribution in [-0.2, 0) is 9.59 Å². The van der Waals surface area contributed by atoms with Gasteiger partial charge in [0.25, 0.3) is 0 Å². The summed E-state index contributed by atoms with van der Waals surface area (Å²) in [6.45, 7) is 8.28. The second kappa shape index (κ2) is 9.16. The molecule has 1 N–H and O–H groups in total. The number of hydrogen-bond donors (Lipinski definition) is 1. The fourth-order valence-corrected chi connectivity index (χ4v) is 5.05. The van der Waals surface area contributed by atoms with Crippen molar-refractivity contribution in [2.45, 2.75) is 53.0 Å². The summed E-state index contributed by atoms with van der Waals surface area (Å²) in [4.78, 5) is 29.4. The van der Waals surface area contributed by atoms with E-state index in [1.165, 1.54) is 0 Å². The van der Waals surface area contributed by atoms with Crippen molar-refractivity contribution in [3.63, 3.8) is 0 Å². The van der Waals surface area contributed by atoms with Crippen LogP contribution in [0.4, 0.5) is 11.4 Å². The number of carbonyl (C=O) groups is 2. The van der Waals surface area contributed by atoms with Crippen LogP contribution in [0.15, 0.2) is 53.7 Å². The van der Waals surface area contributed by atoms with Gasteiger partial charge in [-0.05, 0) is 42.0 Å². The Morgan fingerprint density at radius 1 is 1.12 bits per heavy atom. The standard InChI is InChI=1S/C28H34N2O4/c1-17(2)13-25(32)30-22-10-8-7-9-20(22)29-21-15-28(3,4)16-23(31)26(21)27(30)19-12-11-18(33-5)14-24(19)34-6/h7-12,14,17,27,29H,13,15-16H2,1-6H3/t27-/m0/s1. The molecule has 2 aromatic rings. The molecule has 0 saturated heterocycles. The van der Waals surface area contributed by atoms with Crippen LogP contribution in [0.3, 0.4) is 0 Å². The van der Waals surface area contributed by atoms with E-state index < -0.39 is 6.04 Å². The molecule has 4 rings (SSSR count). The number of ketones is 1. The molecule has 1 heterocycles. The highest BCUT2D eigenvalue weighted by atomic mass is 16.5. The van der Waals surface area contributed by atoms with Crippen molar-refractivity contribution in [1.29, 1.82) is 0 Å². The maximum atomic E-state index is 13.8. The van der Waals surface area contributed by atoms with Gasteiger partial charge < -0.3 is 14.8 Å². The molecule has 0 spiro atoms. The Morgan fingerprint density at radius 3 is 2.53 bits per heavy atom. The van der Waals surface area contributed by atoms with Gasteiger partial charge >= 0.3 is 0 Å². The Labute approximate surface area is 201 Å². The molecule has 180 valence electrons. The van der Waals surface area contributed by atoms with Gasteiger partial charge in [0.1, 0.15) is 11.5 Å². The number of ether oxygens (including phenoxy) is 2. The molecule has 0 fully saturated rings. The van der Waals surface area contributed by atoms with Crippen molar-refractivity contribution < 1.29 is 19.1 Å². The van der Waals surface area contributed by atoms with Gasteiger partial charge in [-0.1, -0.05) is 39.8 Å². The Bertz CT molecular complexity index is 1150. The van der Waals surface area contributed by atoms with E-state index in [-0.39, 0.29) is 23.0 Å². The second-order valence-electron chi connectivity index (χ2n) is 10.3. The van der Waals surface area contributed by atoms with Gasteiger partial charge in [0.15, 0.2) is 5.78 Å². The predicted octanol–water partition coefficient (Wildman–Crippen LogP) is 5.89. The lowest BCUT2D eigenvalue weighted by atomic mass is 9.73. The van der Waals surface area contributed by atoms with Gasteiger partial charge in [0.05, 0.1) is 31.6 Å². The number of hydrogen-bond acceptors (Lipinski definition) is 5. The van der Waals surface area contributed by atoms with Crippen molar-refractivity contribution in [2.75, 3.05) is 24.4 Å². The molecule has 1 aliphatic heterocycles. The number of nitrogens with zero attached hydrogens (tertiary/aromatic N) is 1. The van der Waals surface area contributed by atoms with Crippen LogP contribution in [0, 0.1) is 11.3 Å². The molecule has 1 atom stereocenters. The molecular formula is C28H34N2O4. The highest BCUT2D eigenvalue weighted by Crippen LogP contribution is 2.50. The first kappa shape index (κ1) is 23.9. The first-order chi connectivity index (χ1) is 16.1. The third-order valence-corrected chi connectivity index (χ3v) is 6.49. The number of amides is 1. The van der Waals surface area contributed by atoms with Crippen LogP contribution >= 0.6 is 0 Å². The van der Waals surface area contributed by atoms with Gasteiger partial charge in [0.2, 0.25) is 5.91 Å². The van der Waals surface area contributed by atoms with Crippen molar-refractivity contribution in [1.82, 2.24) is 0 Å². The van der Waals surface area contributed by atoms with Crippen LogP contribution < -0.4 is 19.7 Å². The van der Waals surface area contributed by atoms with Gasteiger partial charge in [-0.25, -0.2) is 0 Å². The predicted molar refractivity (Wildman–Crippen MR) is 134 cm³/mol. The Hall–Kier alpha value is -3.28. The van der Waals surface area contributed by atoms with Crippen LogP contribution in [0.5, 0.6) is 11.5 Å². The van der Waals surface area contributed by atoms with Crippen LogP contribution in [0.25, 0.3) is 0 Å². The summed E-state index contributed by atoms with van der Waals surface area (Å²) in [7, 11) is 3.20. The number of fused-ring (bicyclic) bond motifs is 1. The molecule has 0 radical (unpaired) electrons. The molecule has 0 unspecified atom stereocenters. The maximum absolute atomic E-state index is 13.8. The van der Waals surface area contributed by atoms with E-state index in [9.17, 15) is 9.59 Å². The topological polar surface area (TPSA) is 67.9 Å². The van der Waals surface area contributed by atoms with E-state index in [2.05, 4.69) is 19.2 Å². The number of rotatable bonds is 5. The minimum Gasteiger partial charge on any atom is -0.497 e. The Balaban J connectivity index is 2.03. The molecule has 2 aromatic carbocycles. The molecule has 6 heteroatoms. The quantitative estimate of drug-likeness (QED) is 0.600. The number of Topliss-reactive ketones (excluding diaryl/α,β-unsaturated/α-hetero) is 1. The van der Waals surface area contributed by atoms with Crippen LogP contribution in [0.2, 0.25) is 0 Å². The minimum atomic E-state index is -0.609. The smallest absolute Gasteiger partial charge is 0.228 e. The van der Waals surface area contributed by atoms with Gasteiger partial charge in [-0.2, -0.15) is 0 Å². The summed E-state index contributed by atoms with van der Waals surface area (Å²) in [5.74, 6) is 1.42. The van der Waals surface area contributed by atoms with E-state index in [1.54, 1.807) is 19.1 Å². The summed E-state index contributed by atoms with van der Waals surface area (Å²) in [5.41, 5.74) is 3.68. The minimum absolute atomic E-state index is 0.0292. The largest absolute Gasteiger partial charge is 0.497 e. The third kappa shape index (κ3) is 4.41. The lowest BCUT2D eigenvalue weighted by Gasteiger charge is -2.37. The van der Waals surface area contributed by atoms with Gasteiger partial charge in [-0.15, -0.1) is 0 Å². The van der Waals surface area contributed by atoms with Crippen LogP contribution in [0.1, 0.15) is 58.6 Å². The van der Waals surface area contributed by atoms with Crippen molar-refractivity contribution in [2.24, 2.45) is 11.3 Å². The molecular weight excluding hydrogens is 428 g/mol. The average molecular weight is 463 g/mol. The number of allylic oxidation sites excluding steroid dienone is 1. The normalized spacial score (nSPS) is 19.2. The second-order valence-corrected chi connectivity index (χ2v) is 10.3. The fourth-order valence-electron chi connectivity index (χ4n) is 5.05. The summed E-state index contributed by atoms with van der Waals surface area (Å²) in [6.07, 6.45) is 1.50. The lowest BCUT2D eigenvalue weighted by molar-refractivity contribution is -0.120. The zero-order valence-corrected chi connectivity index (χ0v) is 20.9. The van der Waals surface area contributed by atoms with E-state index in [4.69, 9.17) is 9.47 Å². The molecule has 1 amide bonds. The summed E-state index contributed by atoms with van der Waals surface area (Å²) in [5, 5.41) is 3.54. The molecule has 1 aliphatic carbocycles. The van der Waals surface area contributed by atoms with E-state index >= 15 is 0 Å². The van der Waals surface area contributed by atoms with Crippen molar-refractivity contribution in [3.8, 4) is 11.5 Å². The molecule has 0 saturated carbocycles. The van der Waals surface area contributed by atoms with Crippen molar-refractivity contribution >= 4 is 23.1 Å². The van der Waals surface area contributed by atoms with Gasteiger partial charge in [0, 0.05) is 35.7 Å². The van der Waals surface area contributed by atoms with E-state index in [0.717, 1.165) is 22.6 Å². The number of benzene rings is 2. The molecule has 0 bridgehead atoms. The summed E-state index contributed by atoms with van der Waals surface area (Å²) >= 11 is 0. The van der Waals surface area contributed by atoms with Gasteiger partial charge in [-0.3, -0.25) is 14.5 Å². The monoisotopic (exact) mass is 462 g/mol. The Kier molecular flexibility index (Phi) is 6.43. The SMILES string of the molecule is COc1ccc([C@H]2C3=C(CC(C)(C)CC3=O)Nc3ccccc3N2C(=O)CC(C)C)c(OC)c1. The highest BCUT2D eigenvalue weighted by molar-refractivity contribution is 6.06. The molecule has 34 heavy (non-hydrogen) atoms. The van der Waals surface area contributed by atoms with E-state index in [0.29, 0.717) is 36.3 Å². The fraction of sp³-hybridized carbons (Fsp3) is 0.429. The molecule has 0 aromatic heterocycles. The van der Waals surface area contributed by atoms with E-state index in [1.807, 2.05) is 56.3 Å². The summed E-state index contributed by atoms with van der Waals surface area (Å²) in [6, 6.07) is 12.7. The number of methoxy groups -OCH3 is 2. The first-order valence-corrected chi connectivity index (χ1v) is 11.8. The van der Waals surface area contributed by atoms with Crippen LogP contribution in [-0.4, -0.2) is 25.9 Å². The zero-order valence-electron chi connectivity index (χ0n) is 20.9. The zero-order chi connectivity index (χ0) is 24.6. The molecule has 2 aliphatic rings. The maximum Gasteiger partial charge on any atom is 0.228 e.